The first-order valence-corrected chi connectivity index (χ1v) is 8.13. The van der Waals surface area contributed by atoms with Crippen molar-refractivity contribution < 1.29 is 9.21 Å². The zero-order valence-corrected chi connectivity index (χ0v) is 13.5. The number of anilines is 1. The molecule has 0 unspecified atom stereocenters. The molecule has 2 heterocycles. The Morgan fingerprint density at radius 3 is 2.61 bits per heavy atom. The second-order valence-corrected chi connectivity index (χ2v) is 6.04. The molecule has 0 atom stereocenters. The molecule has 116 valence electrons. The summed E-state index contributed by atoms with van der Waals surface area (Å²) in [6.45, 7) is 0. The lowest BCUT2D eigenvalue weighted by atomic mass is 10.2. The van der Waals surface area contributed by atoms with Crippen LogP contribution in [0.15, 0.2) is 64.2 Å². The number of hydrogen-bond donors (Lipinski definition) is 1. The normalized spacial score (nSPS) is 10.5. The first kappa shape index (κ1) is 15.6. The van der Waals surface area contributed by atoms with Crippen molar-refractivity contribution in [3.05, 3.63) is 71.1 Å². The zero-order chi connectivity index (χ0) is 16.1. The number of carbonyl (C=O) groups excluding carboxylic acids is 1. The van der Waals surface area contributed by atoms with Crippen molar-refractivity contribution in [1.82, 2.24) is 10.2 Å². The summed E-state index contributed by atoms with van der Waals surface area (Å²) < 4.78 is 5.01. The van der Waals surface area contributed by atoms with Gasteiger partial charge in [0.15, 0.2) is 11.6 Å². The molecule has 0 aliphatic heterocycles. The number of benzene rings is 1. The van der Waals surface area contributed by atoms with E-state index in [0.29, 0.717) is 5.82 Å². The van der Waals surface area contributed by atoms with Crippen LogP contribution in [0.3, 0.4) is 0 Å². The molecule has 1 N–H and O–H groups in total. The summed E-state index contributed by atoms with van der Waals surface area (Å²) in [5, 5.41) is 12.2. The van der Waals surface area contributed by atoms with E-state index < -0.39 is 0 Å². The van der Waals surface area contributed by atoms with E-state index in [-0.39, 0.29) is 11.7 Å². The maximum absolute atomic E-state index is 11.8. The van der Waals surface area contributed by atoms with Crippen LogP contribution < -0.4 is 5.32 Å². The molecule has 7 heteroatoms. The molecular weight excluding hydrogens is 334 g/mol. The average molecular weight is 346 g/mol. The summed E-state index contributed by atoms with van der Waals surface area (Å²) in [5.41, 5.74) is 1.15. The highest BCUT2D eigenvalue weighted by Gasteiger charge is 2.09. The minimum atomic E-state index is -0.356. The van der Waals surface area contributed by atoms with Crippen molar-refractivity contribution in [1.29, 1.82) is 0 Å². The summed E-state index contributed by atoms with van der Waals surface area (Å²) in [6, 6.07) is 14.4. The summed E-state index contributed by atoms with van der Waals surface area (Å²) in [7, 11) is 0. The van der Waals surface area contributed by atoms with Crippen molar-refractivity contribution in [3.8, 4) is 0 Å². The van der Waals surface area contributed by atoms with Gasteiger partial charge in [-0.25, -0.2) is 0 Å². The lowest BCUT2D eigenvalue weighted by Crippen LogP contribution is -2.12. The minimum absolute atomic E-state index is 0.230. The summed E-state index contributed by atoms with van der Waals surface area (Å²) in [5.74, 6) is 1.02. The van der Waals surface area contributed by atoms with Crippen LogP contribution in [0, 0.1) is 0 Å². The van der Waals surface area contributed by atoms with Gasteiger partial charge in [-0.3, -0.25) is 4.79 Å². The maximum Gasteiger partial charge on any atom is 0.292 e. The van der Waals surface area contributed by atoms with E-state index >= 15 is 0 Å². The van der Waals surface area contributed by atoms with Gasteiger partial charge >= 0.3 is 0 Å². The average Bonchev–Trinajstić information content (AvgIpc) is 3.10. The van der Waals surface area contributed by atoms with Gasteiger partial charge in [0.2, 0.25) is 0 Å². The standard InChI is InChI=1S/C16H12ClN3O2S/c17-12-5-3-11(4-6-12)10-23-15-8-7-14(19-20-15)18-16(21)13-2-1-9-22-13/h1-9H,10H2,(H,18,19,21). The second-order valence-electron chi connectivity index (χ2n) is 4.60. The lowest BCUT2D eigenvalue weighted by molar-refractivity contribution is 0.0996. The van der Waals surface area contributed by atoms with Crippen molar-refractivity contribution in [2.45, 2.75) is 10.8 Å². The highest BCUT2D eigenvalue weighted by atomic mass is 35.5. The molecule has 1 aromatic carbocycles. The topological polar surface area (TPSA) is 68.0 Å². The van der Waals surface area contributed by atoms with E-state index in [1.54, 1.807) is 30.0 Å². The number of aromatic nitrogens is 2. The third kappa shape index (κ3) is 4.34. The molecule has 0 saturated heterocycles. The Labute approximate surface area is 142 Å². The van der Waals surface area contributed by atoms with Crippen LogP contribution in [0.4, 0.5) is 5.82 Å². The van der Waals surface area contributed by atoms with Crippen LogP contribution >= 0.6 is 23.4 Å². The third-order valence-electron chi connectivity index (χ3n) is 2.93. The van der Waals surface area contributed by atoms with Crippen LogP contribution in [0.2, 0.25) is 5.02 Å². The van der Waals surface area contributed by atoms with Gasteiger partial charge in [0, 0.05) is 10.8 Å². The molecular formula is C16H12ClN3O2S. The Kier molecular flexibility index (Phi) is 4.95. The van der Waals surface area contributed by atoms with E-state index in [2.05, 4.69) is 15.5 Å². The Morgan fingerprint density at radius 2 is 1.96 bits per heavy atom. The molecule has 0 spiro atoms. The van der Waals surface area contributed by atoms with E-state index in [1.165, 1.54) is 6.26 Å². The molecule has 3 rings (SSSR count). The molecule has 23 heavy (non-hydrogen) atoms. The number of thioether (sulfide) groups is 1. The van der Waals surface area contributed by atoms with Crippen molar-refractivity contribution in [2.24, 2.45) is 0 Å². The molecule has 0 bridgehead atoms. The fourth-order valence-electron chi connectivity index (χ4n) is 1.79. The minimum Gasteiger partial charge on any atom is -0.459 e. The van der Waals surface area contributed by atoms with Gasteiger partial charge < -0.3 is 9.73 Å². The van der Waals surface area contributed by atoms with Crippen molar-refractivity contribution in [3.63, 3.8) is 0 Å². The van der Waals surface area contributed by atoms with Gasteiger partial charge in [0.1, 0.15) is 5.03 Å². The predicted octanol–water partition coefficient (Wildman–Crippen LogP) is 4.27. The van der Waals surface area contributed by atoms with E-state index in [1.807, 2.05) is 30.3 Å². The van der Waals surface area contributed by atoms with Gasteiger partial charge in [-0.1, -0.05) is 35.5 Å². The quantitative estimate of drug-likeness (QED) is 0.699. The number of hydrogen-bond acceptors (Lipinski definition) is 5. The van der Waals surface area contributed by atoms with Crippen molar-refractivity contribution in [2.75, 3.05) is 5.32 Å². The van der Waals surface area contributed by atoms with Gasteiger partial charge in [0.25, 0.3) is 5.91 Å². The number of furan rings is 1. The van der Waals surface area contributed by atoms with Crippen LogP contribution in [0.25, 0.3) is 0 Å². The Balaban J connectivity index is 1.56. The predicted molar refractivity (Wildman–Crippen MR) is 89.7 cm³/mol. The van der Waals surface area contributed by atoms with Crippen LogP contribution in [-0.4, -0.2) is 16.1 Å². The molecule has 2 aromatic heterocycles. The smallest absolute Gasteiger partial charge is 0.292 e. The molecule has 0 fully saturated rings. The molecule has 0 saturated carbocycles. The second kappa shape index (κ2) is 7.30. The molecule has 0 aliphatic rings. The summed E-state index contributed by atoms with van der Waals surface area (Å²) in [6.07, 6.45) is 1.44. The Hall–Kier alpha value is -2.31. The van der Waals surface area contributed by atoms with Gasteiger partial charge in [0.05, 0.1) is 6.26 Å². The molecule has 1 amide bonds. The fourth-order valence-corrected chi connectivity index (χ4v) is 2.68. The monoisotopic (exact) mass is 345 g/mol. The van der Waals surface area contributed by atoms with Gasteiger partial charge in [-0.2, -0.15) is 0 Å². The van der Waals surface area contributed by atoms with Crippen molar-refractivity contribution >= 4 is 35.1 Å². The van der Waals surface area contributed by atoms with Gasteiger partial charge in [-0.15, -0.1) is 10.2 Å². The molecule has 3 aromatic rings. The SMILES string of the molecule is O=C(Nc1ccc(SCc2ccc(Cl)cc2)nn1)c1ccco1. The molecule has 5 nitrogen and oxygen atoms in total. The van der Waals surface area contributed by atoms with Gasteiger partial charge in [-0.05, 0) is 42.0 Å². The molecule has 0 radical (unpaired) electrons. The Bertz CT molecular complexity index is 774. The lowest BCUT2D eigenvalue weighted by Gasteiger charge is -2.03. The van der Waals surface area contributed by atoms with E-state index in [4.69, 9.17) is 16.0 Å². The first-order valence-electron chi connectivity index (χ1n) is 6.76. The van der Waals surface area contributed by atoms with Crippen LogP contribution in [0.5, 0.6) is 0 Å². The largest absolute Gasteiger partial charge is 0.459 e. The number of nitrogens with one attached hydrogen (secondary N) is 1. The molecule has 0 aliphatic carbocycles. The third-order valence-corrected chi connectivity index (χ3v) is 4.17. The first-order chi connectivity index (χ1) is 11.2. The number of halogens is 1. The number of amides is 1. The number of rotatable bonds is 5. The number of carbonyl (C=O) groups is 1. The zero-order valence-electron chi connectivity index (χ0n) is 11.9. The number of nitrogens with zero attached hydrogens (tertiary/aromatic N) is 2. The fraction of sp³-hybridized carbons (Fsp3) is 0.0625. The van der Waals surface area contributed by atoms with E-state index in [0.717, 1.165) is 21.4 Å². The van der Waals surface area contributed by atoms with Crippen LogP contribution in [-0.2, 0) is 5.75 Å². The summed E-state index contributed by atoms with van der Waals surface area (Å²) in [4.78, 5) is 11.8. The Morgan fingerprint density at radius 1 is 1.13 bits per heavy atom. The van der Waals surface area contributed by atoms with Crippen LogP contribution in [0.1, 0.15) is 16.1 Å². The highest BCUT2D eigenvalue weighted by Crippen LogP contribution is 2.22. The summed E-state index contributed by atoms with van der Waals surface area (Å²) >= 11 is 7.41. The highest BCUT2D eigenvalue weighted by molar-refractivity contribution is 7.98. The maximum atomic E-state index is 11.8. The van der Waals surface area contributed by atoms with E-state index in [9.17, 15) is 4.79 Å².